The number of rotatable bonds is 3. The number of primary amides is 1. The third-order valence-electron chi connectivity index (χ3n) is 4.92. The van der Waals surface area contributed by atoms with Gasteiger partial charge in [-0.15, -0.1) is 0 Å². The number of fused-ring (bicyclic) bond motifs is 1. The molecule has 1 aliphatic rings. The average Bonchev–Trinajstić information content (AvgIpc) is 2.84. The molecule has 6 nitrogen and oxygen atoms in total. The van der Waals surface area contributed by atoms with Gasteiger partial charge in [0.2, 0.25) is 0 Å². The van der Waals surface area contributed by atoms with Crippen molar-refractivity contribution < 1.29 is 4.79 Å². The molecule has 2 N–H and O–H groups in total. The van der Waals surface area contributed by atoms with Crippen LogP contribution in [0, 0.1) is 0 Å². The summed E-state index contributed by atoms with van der Waals surface area (Å²) >= 11 is 0. The zero-order valence-electron chi connectivity index (χ0n) is 14.7. The van der Waals surface area contributed by atoms with E-state index in [4.69, 9.17) is 10.8 Å². The van der Waals surface area contributed by atoms with Crippen LogP contribution >= 0.6 is 0 Å². The van der Waals surface area contributed by atoms with E-state index in [2.05, 4.69) is 22.0 Å². The second-order valence-electron chi connectivity index (χ2n) is 6.49. The summed E-state index contributed by atoms with van der Waals surface area (Å²) in [5.74, 6) is 0.225. The lowest BCUT2D eigenvalue weighted by atomic mass is 10.0. The second kappa shape index (κ2) is 6.63. The van der Waals surface area contributed by atoms with Gasteiger partial charge in [0.25, 0.3) is 5.91 Å². The second-order valence-corrected chi connectivity index (χ2v) is 6.49. The van der Waals surface area contributed by atoms with Crippen molar-refractivity contribution in [3.05, 3.63) is 65.5 Å². The van der Waals surface area contributed by atoms with E-state index in [1.54, 1.807) is 18.3 Å². The molecule has 0 spiro atoms. The molecule has 1 aromatic carbocycles. The molecule has 2 aromatic heterocycles. The molecule has 132 valence electrons. The number of aromatic nitrogens is 3. The standard InChI is InChI=1S/C20H21N5O/c1-24-17-10-13-25(20-16(19(21)26)8-5-11-22-20)12-9-15(17)18(23-24)14-6-3-2-4-7-14/h2-8,11H,9-10,12-13H2,1H3,(H2,21,26). The summed E-state index contributed by atoms with van der Waals surface area (Å²) in [6.45, 7) is 1.55. The molecule has 1 amide bonds. The van der Waals surface area contributed by atoms with E-state index < -0.39 is 5.91 Å². The largest absolute Gasteiger partial charge is 0.365 e. The van der Waals surface area contributed by atoms with E-state index >= 15 is 0 Å². The van der Waals surface area contributed by atoms with Gasteiger partial charge < -0.3 is 10.6 Å². The predicted octanol–water partition coefficient (Wildman–Crippen LogP) is 2.19. The summed E-state index contributed by atoms with van der Waals surface area (Å²) in [7, 11) is 2.00. The molecule has 0 aliphatic carbocycles. The Hall–Kier alpha value is -3.15. The number of amides is 1. The quantitative estimate of drug-likeness (QED) is 0.788. The summed E-state index contributed by atoms with van der Waals surface area (Å²) in [5, 5.41) is 4.76. The van der Waals surface area contributed by atoms with Gasteiger partial charge in [0.1, 0.15) is 5.82 Å². The average molecular weight is 347 g/mol. The topological polar surface area (TPSA) is 77.0 Å². The first-order chi connectivity index (χ1) is 12.6. The first kappa shape index (κ1) is 16.3. The summed E-state index contributed by atoms with van der Waals surface area (Å²) < 4.78 is 1.98. The van der Waals surface area contributed by atoms with Gasteiger partial charge in [0, 0.05) is 49.6 Å². The molecule has 0 radical (unpaired) electrons. The normalized spacial score (nSPS) is 14.0. The van der Waals surface area contributed by atoms with Gasteiger partial charge >= 0.3 is 0 Å². The van der Waals surface area contributed by atoms with Crippen LogP contribution in [-0.4, -0.2) is 33.8 Å². The van der Waals surface area contributed by atoms with Crippen molar-refractivity contribution in [2.45, 2.75) is 12.8 Å². The minimum atomic E-state index is -0.443. The third-order valence-corrected chi connectivity index (χ3v) is 4.92. The van der Waals surface area contributed by atoms with Gasteiger partial charge in [0.05, 0.1) is 11.3 Å². The number of aryl methyl sites for hydroxylation is 1. The molecule has 0 unspecified atom stereocenters. The summed E-state index contributed by atoms with van der Waals surface area (Å²) in [4.78, 5) is 18.3. The molecule has 26 heavy (non-hydrogen) atoms. The van der Waals surface area contributed by atoms with E-state index in [0.717, 1.165) is 37.2 Å². The Labute approximate surface area is 152 Å². The van der Waals surface area contributed by atoms with Crippen molar-refractivity contribution in [3.8, 4) is 11.3 Å². The van der Waals surface area contributed by atoms with Crippen molar-refractivity contribution in [3.63, 3.8) is 0 Å². The number of pyridine rings is 1. The molecular formula is C20H21N5O. The number of hydrogen-bond acceptors (Lipinski definition) is 4. The summed E-state index contributed by atoms with van der Waals surface area (Å²) in [6, 6.07) is 13.7. The molecule has 1 aliphatic heterocycles. The highest BCUT2D eigenvalue weighted by molar-refractivity contribution is 5.97. The van der Waals surface area contributed by atoms with Crippen LogP contribution in [0.5, 0.6) is 0 Å². The van der Waals surface area contributed by atoms with E-state index in [9.17, 15) is 4.79 Å². The third kappa shape index (κ3) is 2.83. The van der Waals surface area contributed by atoms with Crippen LogP contribution in [0.2, 0.25) is 0 Å². The molecule has 0 saturated carbocycles. The molecule has 0 atom stereocenters. The minimum absolute atomic E-state index is 0.443. The lowest BCUT2D eigenvalue weighted by molar-refractivity contribution is 0.100. The molecule has 4 rings (SSSR count). The first-order valence-electron chi connectivity index (χ1n) is 8.75. The Balaban J connectivity index is 1.68. The van der Waals surface area contributed by atoms with Crippen molar-refractivity contribution in [1.82, 2.24) is 14.8 Å². The van der Waals surface area contributed by atoms with Gasteiger partial charge in [-0.3, -0.25) is 9.48 Å². The lowest BCUT2D eigenvalue weighted by Crippen LogP contribution is -2.30. The number of hydrogen-bond donors (Lipinski definition) is 1. The Morgan fingerprint density at radius 3 is 2.62 bits per heavy atom. The summed E-state index contributed by atoms with van der Waals surface area (Å²) in [5.41, 5.74) is 10.7. The number of nitrogens with zero attached hydrogens (tertiary/aromatic N) is 4. The highest BCUT2D eigenvalue weighted by Gasteiger charge is 2.24. The fourth-order valence-electron chi connectivity index (χ4n) is 3.66. The summed E-state index contributed by atoms with van der Waals surface area (Å²) in [6.07, 6.45) is 3.40. The maximum atomic E-state index is 11.8. The smallest absolute Gasteiger partial charge is 0.252 e. The van der Waals surface area contributed by atoms with Crippen LogP contribution in [0.25, 0.3) is 11.3 Å². The number of carbonyl (C=O) groups excluding carboxylic acids is 1. The lowest BCUT2D eigenvalue weighted by Gasteiger charge is -2.23. The van der Waals surface area contributed by atoms with Crippen LogP contribution in [0.1, 0.15) is 21.6 Å². The van der Waals surface area contributed by atoms with Crippen molar-refractivity contribution >= 4 is 11.7 Å². The molecule has 6 heteroatoms. The molecule has 0 fully saturated rings. The van der Waals surface area contributed by atoms with E-state index in [0.29, 0.717) is 11.4 Å². The maximum Gasteiger partial charge on any atom is 0.252 e. The number of benzene rings is 1. The van der Waals surface area contributed by atoms with Crippen LogP contribution in [0.15, 0.2) is 48.7 Å². The Bertz CT molecular complexity index is 948. The maximum absolute atomic E-state index is 11.8. The van der Waals surface area contributed by atoms with Gasteiger partial charge in [-0.05, 0) is 18.6 Å². The van der Waals surface area contributed by atoms with E-state index in [1.807, 2.05) is 29.9 Å². The minimum Gasteiger partial charge on any atom is -0.365 e. The van der Waals surface area contributed by atoms with Gasteiger partial charge in [0.15, 0.2) is 0 Å². The molecule has 3 aromatic rings. The zero-order valence-corrected chi connectivity index (χ0v) is 14.7. The molecule has 0 saturated heterocycles. The van der Waals surface area contributed by atoms with E-state index in [1.165, 1.54) is 11.3 Å². The van der Waals surface area contributed by atoms with Crippen LogP contribution in [-0.2, 0) is 19.9 Å². The van der Waals surface area contributed by atoms with Crippen LogP contribution in [0.4, 0.5) is 5.82 Å². The van der Waals surface area contributed by atoms with Gasteiger partial charge in [-0.25, -0.2) is 4.98 Å². The van der Waals surface area contributed by atoms with Crippen molar-refractivity contribution in [2.75, 3.05) is 18.0 Å². The highest BCUT2D eigenvalue weighted by Crippen LogP contribution is 2.29. The zero-order chi connectivity index (χ0) is 18.1. The van der Waals surface area contributed by atoms with Crippen LogP contribution in [0.3, 0.4) is 0 Å². The number of carbonyl (C=O) groups is 1. The first-order valence-corrected chi connectivity index (χ1v) is 8.75. The SMILES string of the molecule is Cn1nc(-c2ccccc2)c2c1CCN(c1ncccc1C(N)=O)CC2. The van der Waals surface area contributed by atoms with E-state index in [-0.39, 0.29) is 0 Å². The Morgan fingerprint density at radius 1 is 1.08 bits per heavy atom. The molecule has 0 bridgehead atoms. The van der Waals surface area contributed by atoms with Gasteiger partial charge in [-0.2, -0.15) is 5.10 Å². The highest BCUT2D eigenvalue weighted by atomic mass is 16.1. The predicted molar refractivity (Wildman–Crippen MR) is 101 cm³/mol. The number of nitrogens with two attached hydrogens (primary N) is 1. The van der Waals surface area contributed by atoms with Crippen LogP contribution < -0.4 is 10.6 Å². The van der Waals surface area contributed by atoms with Crippen molar-refractivity contribution in [1.29, 1.82) is 0 Å². The monoisotopic (exact) mass is 347 g/mol. The fourth-order valence-corrected chi connectivity index (χ4v) is 3.66. The Morgan fingerprint density at radius 2 is 1.85 bits per heavy atom. The molecule has 3 heterocycles. The van der Waals surface area contributed by atoms with Gasteiger partial charge in [-0.1, -0.05) is 30.3 Å². The number of anilines is 1. The fraction of sp³-hybridized carbons (Fsp3) is 0.250. The van der Waals surface area contributed by atoms with Crippen molar-refractivity contribution in [2.24, 2.45) is 12.8 Å². The Kier molecular flexibility index (Phi) is 4.16. The molecular weight excluding hydrogens is 326 g/mol.